The van der Waals surface area contributed by atoms with Crippen LogP contribution < -0.4 is 10.1 Å². The van der Waals surface area contributed by atoms with Gasteiger partial charge in [0.25, 0.3) is 0 Å². The van der Waals surface area contributed by atoms with Crippen LogP contribution in [0.15, 0.2) is 18.2 Å². The Morgan fingerprint density at radius 2 is 1.90 bits per heavy atom. The van der Waals surface area contributed by atoms with Gasteiger partial charge < -0.3 is 14.8 Å². The van der Waals surface area contributed by atoms with Gasteiger partial charge >= 0.3 is 0 Å². The number of hydrogen-bond acceptors (Lipinski definition) is 3. The number of benzene rings is 1. The van der Waals surface area contributed by atoms with Crippen LogP contribution in [0.1, 0.15) is 45.2 Å². The van der Waals surface area contributed by atoms with E-state index in [1.807, 2.05) is 0 Å². The second-order valence-electron chi connectivity index (χ2n) is 6.67. The number of aryl methyl sites for hydroxylation is 1. The molecule has 0 aliphatic rings. The van der Waals surface area contributed by atoms with Crippen LogP contribution in [0.3, 0.4) is 0 Å². The zero-order valence-electron chi connectivity index (χ0n) is 14.5. The second kappa shape index (κ2) is 8.40. The Hall–Kier alpha value is -1.06. The van der Waals surface area contributed by atoms with Crippen molar-refractivity contribution in [2.45, 2.75) is 52.5 Å². The van der Waals surface area contributed by atoms with E-state index in [-0.39, 0.29) is 11.5 Å². The molecule has 1 aromatic carbocycles. The maximum absolute atomic E-state index is 6.09. The SMILES string of the molecule is CCCNC(COC)COc1ccc(C)cc1C(C)(C)C. The van der Waals surface area contributed by atoms with E-state index in [1.54, 1.807) is 7.11 Å². The molecule has 3 nitrogen and oxygen atoms in total. The Balaban J connectivity index is 2.77. The lowest BCUT2D eigenvalue weighted by atomic mass is 9.85. The molecule has 1 aromatic rings. The fourth-order valence-corrected chi connectivity index (χ4v) is 2.26. The van der Waals surface area contributed by atoms with E-state index >= 15 is 0 Å². The van der Waals surface area contributed by atoms with Crippen molar-refractivity contribution in [2.75, 3.05) is 26.9 Å². The molecule has 0 heterocycles. The van der Waals surface area contributed by atoms with Crippen LogP contribution in [0.5, 0.6) is 5.75 Å². The lowest BCUT2D eigenvalue weighted by Gasteiger charge is -2.25. The van der Waals surface area contributed by atoms with Crippen molar-refractivity contribution in [2.24, 2.45) is 0 Å². The molecule has 3 heteroatoms. The van der Waals surface area contributed by atoms with Crippen molar-refractivity contribution in [1.82, 2.24) is 5.32 Å². The van der Waals surface area contributed by atoms with Gasteiger partial charge in [-0.1, -0.05) is 45.4 Å². The first-order chi connectivity index (χ1) is 9.88. The minimum Gasteiger partial charge on any atom is -0.492 e. The van der Waals surface area contributed by atoms with E-state index in [2.05, 4.69) is 58.1 Å². The molecule has 1 rings (SSSR count). The largest absolute Gasteiger partial charge is 0.492 e. The lowest BCUT2D eigenvalue weighted by molar-refractivity contribution is 0.135. The van der Waals surface area contributed by atoms with Gasteiger partial charge in [0.05, 0.1) is 12.6 Å². The van der Waals surface area contributed by atoms with E-state index in [1.165, 1.54) is 11.1 Å². The Kier molecular flexibility index (Phi) is 7.20. The molecule has 0 fully saturated rings. The van der Waals surface area contributed by atoms with Crippen LogP contribution in [-0.4, -0.2) is 32.9 Å². The van der Waals surface area contributed by atoms with Gasteiger partial charge in [0.2, 0.25) is 0 Å². The first-order valence-corrected chi connectivity index (χ1v) is 7.84. The smallest absolute Gasteiger partial charge is 0.123 e. The predicted molar refractivity (Wildman–Crippen MR) is 89.3 cm³/mol. The highest BCUT2D eigenvalue weighted by Gasteiger charge is 2.20. The summed E-state index contributed by atoms with van der Waals surface area (Å²) < 4.78 is 11.4. The average Bonchev–Trinajstić information content (AvgIpc) is 2.42. The monoisotopic (exact) mass is 293 g/mol. The fourth-order valence-electron chi connectivity index (χ4n) is 2.26. The summed E-state index contributed by atoms with van der Waals surface area (Å²) in [6, 6.07) is 6.64. The maximum atomic E-state index is 6.09. The lowest BCUT2D eigenvalue weighted by Crippen LogP contribution is -2.39. The van der Waals surface area contributed by atoms with Crippen molar-refractivity contribution in [3.63, 3.8) is 0 Å². The molecule has 0 spiro atoms. The van der Waals surface area contributed by atoms with E-state index in [0.717, 1.165) is 18.7 Å². The van der Waals surface area contributed by atoms with E-state index < -0.39 is 0 Å². The molecule has 1 N–H and O–H groups in total. The first-order valence-electron chi connectivity index (χ1n) is 7.84. The molecule has 21 heavy (non-hydrogen) atoms. The first kappa shape index (κ1) is 18.0. The van der Waals surface area contributed by atoms with E-state index in [4.69, 9.17) is 9.47 Å². The van der Waals surface area contributed by atoms with Crippen molar-refractivity contribution >= 4 is 0 Å². The van der Waals surface area contributed by atoms with Crippen molar-refractivity contribution in [3.05, 3.63) is 29.3 Å². The number of ether oxygens (including phenoxy) is 2. The Labute approximate surface area is 130 Å². The van der Waals surface area contributed by atoms with Crippen LogP contribution in [0.4, 0.5) is 0 Å². The molecule has 1 unspecified atom stereocenters. The molecule has 0 aromatic heterocycles. The maximum Gasteiger partial charge on any atom is 0.123 e. The van der Waals surface area contributed by atoms with Crippen LogP contribution in [0.2, 0.25) is 0 Å². The molecule has 0 bridgehead atoms. The highest BCUT2D eigenvalue weighted by atomic mass is 16.5. The number of rotatable bonds is 8. The van der Waals surface area contributed by atoms with Gasteiger partial charge in [-0.2, -0.15) is 0 Å². The molecular formula is C18H31NO2. The highest BCUT2D eigenvalue weighted by molar-refractivity contribution is 5.41. The summed E-state index contributed by atoms with van der Waals surface area (Å²) in [6.07, 6.45) is 1.11. The molecule has 0 aliphatic carbocycles. The van der Waals surface area contributed by atoms with Crippen LogP contribution in [0, 0.1) is 6.92 Å². The number of nitrogens with one attached hydrogen (secondary N) is 1. The van der Waals surface area contributed by atoms with Crippen LogP contribution in [0.25, 0.3) is 0 Å². The summed E-state index contributed by atoms with van der Waals surface area (Å²) in [5.74, 6) is 0.979. The summed E-state index contributed by atoms with van der Waals surface area (Å²) in [5.41, 5.74) is 2.61. The van der Waals surface area contributed by atoms with Gasteiger partial charge in [0.1, 0.15) is 12.4 Å². The fraction of sp³-hybridized carbons (Fsp3) is 0.667. The molecule has 0 amide bonds. The standard InChI is InChI=1S/C18H31NO2/c1-7-10-19-15(12-20-6)13-21-17-9-8-14(2)11-16(17)18(3,4)5/h8-9,11,15,19H,7,10,12-13H2,1-6H3. The molecule has 0 aliphatic heterocycles. The summed E-state index contributed by atoms with van der Waals surface area (Å²) in [7, 11) is 1.73. The van der Waals surface area contributed by atoms with E-state index in [0.29, 0.717) is 13.2 Å². The summed E-state index contributed by atoms with van der Waals surface area (Å²) in [5, 5.41) is 3.46. The van der Waals surface area contributed by atoms with Crippen molar-refractivity contribution in [3.8, 4) is 5.75 Å². The third-order valence-electron chi connectivity index (χ3n) is 3.43. The zero-order chi connectivity index (χ0) is 15.9. The van der Waals surface area contributed by atoms with Gasteiger partial charge in [-0.25, -0.2) is 0 Å². The quantitative estimate of drug-likeness (QED) is 0.793. The van der Waals surface area contributed by atoms with Gasteiger partial charge in [-0.05, 0) is 36.9 Å². The molecule has 0 saturated carbocycles. The molecule has 1 atom stereocenters. The third kappa shape index (κ3) is 6.06. The van der Waals surface area contributed by atoms with Crippen molar-refractivity contribution in [1.29, 1.82) is 0 Å². The van der Waals surface area contributed by atoms with Crippen LogP contribution >= 0.6 is 0 Å². The van der Waals surface area contributed by atoms with Crippen molar-refractivity contribution < 1.29 is 9.47 Å². The number of methoxy groups -OCH3 is 1. The topological polar surface area (TPSA) is 30.5 Å². The van der Waals surface area contributed by atoms with Gasteiger partial charge in [-0.3, -0.25) is 0 Å². The molecule has 0 saturated heterocycles. The Morgan fingerprint density at radius 3 is 2.48 bits per heavy atom. The molecular weight excluding hydrogens is 262 g/mol. The normalized spacial score (nSPS) is 13.2. The third-order valence-corrected chi connectivity index (χ3v) is 3.43. The van der Waals surface area contributed by atoms with Gasteiger partial charge in [0, 0.05) is 7.11 Å². The van der Waals surface area contributed by atoms with Gasteiger partial charge in [-0.15, -0.1) is 0 Å². The summed E-state index contributed by atoms with van der Waals surface area (Å²) in [6.45, 7) is 13.2. The van der Waals surface area contributed by atoms with Crippen LogP contribution in [-0.2, 0) is 10.2 Å². The highest BCUT2D eigenvalue weighted by Crippen LogP contribution is 2.32. The minimum absolute atomic E-state index is 0.0783. The zero-order valence-corrected chi connectivity index (χ0v) is 14.5. The Bertz CT molecular complexity index is 424. The predicted octanol–water partition coefficient (Wildman–Crippen LogP) is 3.69. The second-order valence-corrected chi connectivity index (χ2v) is 6.67. The number of hydrogen-bond donors (Lipinski definition) is 1. The van der Waals surface area contributed by atoms with Gasteiger partial charge in [0.15, 0.2) is 0 Å². The Morgan fingerprint density at radius 1 is 1.19 bits per heavy atom. The average molecular weight is 293 g/mol. The summed E-state index contributed by atoms with van der Waals surface area (Å²) in [4.78, 5) is 0. The van der Waals surface area contributed by atoms with E-state index in [9.17, 15) is 0 Å². The molecule has 0 radical (unpaired) electrons. The minimum atomic E-state index is 0.0783. The summed E-state index contributed by atoms with van der Waals surface area (Å²) >= 11 is 0. The molecule has 120 valence electrons.